The third-order valence-corrected chi connectivity index (χ3v) is 3.98. The lowest BCUT2D eigenvalue weighted by molar-refractivity contribution is 0.416. The van der Waals surface area contributed by atoms with Crippen molar-refractivity contribution in [1.82, 2.24) is 0 Å². The van der Waals surface area contributed by atoms with Crippen LogP contribution in [-0.2, 0) is 0 Å². The first-order valence-corrected chi connectivity index (χ1v) is 6.39. The Morgan fingerprint density at radius 3 is 2.88 bits per heavy atom. The molecule has 1 aliphatic heterocycles. The first-order chi connectivity index (χ1) is 8.28. The molecule has 2 aromatic rings. The quantitative estimate of drug-likeness (QED) is 0.696. The molecule has 2 nitrogen and oxygen atoms in total. The van der Waals surface area contributed by atoms with Gasteiger partial charge < -0.3 is 10.1 Å². The van der Waals surface area contributed by atoms with Gasteiger partial charge in [-0.25, -0.2) is 0 Å². The van der Waals surface area contributed by atoms with E-state index < -0.39 is 0 Å². The van der Waals surface area contributed by atoms with Crippen molar-refractivity contribution >= 4 is 34.7 Å². The molecule has 17 heavy (non-hydrogen) atoms. The van der Waals surface area contributed by atoms with Gasteiger partial charge in [0.25, 0.3) is 0 Å². The number of hydrogen-bond acceptors (Lipinski definition) is 3. The fraction of sp³-hybridized carbons (Fsp3) is 0.0769. The monoisotopic (exact) mass is 263 g/mol. The minimum atomic E-state index is 0.754. The van der Waals surface area contributed by atoms with Gasteiger partial charge in [0.05, 0.1) is 18.5 Å². The predicted molar refractivity (Wildman–Crippen MR) is 71.9 cm³/mol. The summed E-state index contributed by atoms with van der Waals surface area (Å²) in [6.07, 6.45) is 0. The normalized spacial score (nSPS) is 12.4. The van der Waals surface area contributed by atoms with Crippen LogP contribution in [0.3, 0.4) is 0 Å². The first-order valence-electron chi connectivity index (χ1n) is 5.19. The molecular formula is C13H10ClNOS. The minimum Gasteiger partial charge on any atom is -0.495 e. The van der Waals surface area contributed by atoms with Gasteiger partial charge in [-0.15, -0.1) is 0 Å². The number of hydrogen-bond donors (Lipinski definition) is 1. The van der Waals surface area contributed by atoms with E-state index in [0.717, 1.165) is 31.9 Å². The van der Waals surface area contributed by atoms with E-state index in [0.29, 0.717) is 0 Å². The highest BCUT2D eigenvalue weighted by Crippen LogP contribution is 2.48. The van der Waals surface area contributed by atoms with Crippen LogP contribution >= 0.6 is 23.4 Å². The third kappa shape index (κ3) is 1.85. The number of benzene rings is 2. The molecular weight excluding hydrogens is 254 g/mol. The van der Waals surface area contributed by atoms with Gasteiger partial charge in [-0.05, 0) is 30.3 Å². The Morgan fingerprint density at radius 2 is 2.06 bits per heavy atom. The van der Waals surface area contributed by atoms with Crippen molar-refractivity contribution in [2.45, 2.75) is 9.79 Å². The van der Waals surface area contributed by atoms with Crippen molar-refractivity contribution in [3.8, 4) is 5.75 Å². The van der Waals surface area contributed by atoms with Gasteiger partial charge in [0.2, 0.25) is 0 Å². The number of ether oxygens (including phenoxy) is 1. The Labute approximate surface area is 109 Å². The summed E-state index contributed by atoms with van der Waals surface area (Å²) in [4.78, 5) is 2.29. The highest BCUT2D eigenvalue weighted by atomic mass is 35.5. The van der Waals surface area contributed by atoms with Crippen LogP contribution in [0.2, 0.25) is 5.02 Å². The average Bonchev–Trinajstić information content (AvgIpc) is 2.35. The number of para-hydroxylation sites is 1. The number of rotatable bonds is 1. The average molecular weight is 264 g/mol. The lowest BCUT2D eigenvalue weighted by atomic mass is 10.2. The molecule has 1 aliphatic rings. The Balaban J connectivity index is 2.10. The topological polar surface area (TPSA) is 21.3 Å². The Hall–Kier alpha value is -1.32. The fourth-order valence-electron chi connectivity index (χ4n) is 1.83. The lowest BCUT2D eigenvalue weighted by Gasteiger charge is -2.22. The highest BCUT2D eigenvalue weighted by Gasteiger charge is 2.18. The maximum absolute atomic E-state index is 6.00. The van der Waals surface area contributed by atoms with Crippen molar-refractivity contribution in [3.63, 3.8) is 0 Å². The molecule has 4 heteroatoms. The van der Waals surface area contributed by atoms with Gasteiger partial charge >= 0.3 is 0 Å². The predicted octanol–water partition coefficient (Wildman–Crippen LogP) is 4.56. The molecule has 0 bridgehead atoms. The van der Waals surface area contributed by atoms with Crippen LogP contribution in [0.25, 0.3) is 0 Å². The molecule has 86 valence electrons. The van der Waals surface area contributed by atoms with E-state index in [1.807, 2.05) is 30.3 Å². The molecule has 1 N–H and O–H groups in total. The summed E-state index contributed by atoms with van der Waals surface area (Å²) < 4.78 is 5.35. The summed E-state index contributed by atoms with van der Waals surface area (Å²) in [5, 5.41) is 4.14. The van der Waals surface area contributed by atoms with Crippen LogP contribution in [0, 0.1) is 0 Å². The number of nitrogens with one attached hydrogen (secondary N) is 1. The molecule has 0 fully saturated rings. The van der Waals surface area contributed by atoms with Gasteiger partial charge in [-0.2, -0.15) is 0 Å². The molecule has 0 unspecified atom stereocenters. The van der Waals surface area contributed by atoms with Gasteiger partial charge in [0.15, 0.2) is 0 Å². The maximum Gasteiger partial charge on any atom is 0.143 e. The second kappa shape index (κ2) is 4.17. The second-order valence-electron chi connectivity index (χ2n) is 3.70. The van der Waals surface area contributed by atoms with Crippen molar-refractivity contribution in [2.24, 2.45) is 0 Å². The van der Waals surface area contributed by atoms with Crippen LogP contribution < -0.4 is 10.1 Å². The van der Waals surface area contributed by atoms with E-state index >= 15 is 0 Å². The zero-order valence-electron chi connectivity index (χ0n) is 9.16. The first kappa shape index (κ1) is 10.8. The highest BCUT2D eigenvalue weighted by molar-refractivity contribution is 7.99. The zero-order chi connectivity index (χ0) is 11.8. The van der Waals surface area contributed by atoms with Crippen LogP contribution in [0.4, 0.5) is 11.4 Å². The Bertz CT molecular complexity index is 586. The van der Waals surface area contributed by atoms with Crippen LogP contribution in [0.15, 0.2) is 46.2 Å². The largest absolute Gasteiger partial charge is 0.495 e. The van der Waals surface area contributed by atoms with Crippen molar-refractivity contribution in [3.05, 3.63) is 41.4 Å². The summed E-state index contributed by atoms with van der Waals surface area (Å²) in [7, 11) is 1.68. The van der Waals surface area contributed by atoms with Crippen LogP contribution in [0.5, 0.6) is 5.75 Å². The molecule has 0 atom stereocenters. The Morgan fingerprint density at radius 1 is 1.18 bits per heavy atom. The summed E-state index contributed by atoms with van der Waals surface area (Å²) in [5.74, 6) is 0.857. The molecule has 2 aromatic carbocycles. The van der Waals surface area contributed by atoms with Crippen LogP contribution in [0.1, 0.15) is 0 Å². The number of fused-ring (bicyclic) bond motifs is 2. The molecule has 3 rings (SSSR count). The lowest BCUT2D eigenvalue weighted by Crippen LogP contribution is -2.01. The molecule has 0 amide bonds. The minimum absolute atomic E-state index is 0.754. The molecule has 0 radical (unpaired) electrons. The van der Waals surface area contributed by atoms with Crippen LogP contribution in [-0.4, -0.2) is 7.11 Å². The van der Waals surface area contributed by atoms with Gasteiger partial charge in [-0.1, -0.05) is 29.4 Å². The molecule has 0 aliphatic carbocycles. The fourth-order valence-corrected chi connectivity index (χ4v) is 3.12. The van der Waals surface area contributed by atoms with E-state index in [9.17, 15) is 0 Å². The van der Waals surface area contributed by atoms with Gasteiger partial charge in [-0.3, -0.25) is 0 Å². The number of halogens is 1. The standard InChI is InChI=1S/C13H10ClNOS/c1-16-10-3-2-4-11-13(10)15-9-6-5-8(14)7-12(9)17-11/h2-7,15H,1H3. The van der Waals surface area contributed by atoms with Crippen molar-refractivity contribution in [1.29, 1.82) is 0 Å². The maximum atomic E-state index is 6.00. The van der Waals surface area contributed by atoms with E-state index in [1.54, 1.807) is 18.9 Å². The number of anilines is 2. The smallest absolute Gasteiger partial charge is 0.143 e. The SMILES string of the molecule is COc1cccc2c1Nc1ccc(Cl)cc1S2. The van der Waals surface area contributed by atoms with Gasteiger partial charge in [0.1, 0.15) is 5.75 Å². The summed E-state index contributed by atoms with van der Waals surface area (Å²) in [6.45, 7) is 0. The summed E-state index contributed by atoms with van der Waals surface area (Å²) >= 11 is 7.70. The molecule has 0 aromatic heterocycles. The van der Waals surface area contributed by atoms with Crippen molar-refractivity contribution in [2.75, 3.05) is 12.4 Å². The third-order valence-electron chi connectivity index (χ3n) is 2.63. The van der Waals surface area contributed by atoms with E-state index in [1.165, 1.54) is 0 Å². The van der Waals surface area contributed by atoms with Gasteiger partial charge in [0, 0.05) is 14.8 Å². The second-order valence-corrected chi connectivity index (χ2v) is 5.22. The summed E-state index contributed by atoms with van der Waals surface area (Å²) in [5.41, 5.74) is 2.09. The van der Waals surface area contributed by atoms with E-state index in [-0.39, 0.29) is 0 Å². The molecule has 0 spiro atoms. The zero-order valence-corrected chi connectivity index (χ0v) is 10.7. The van der Waals surface area contributed by atoms with E-state index in [2.05, 4.69) is 11.4 Å². The summed E-state index contributed by atoms with van der Waals surface area (Å²) in [6, 6.07) is 11.8. The number of methoxy groups -OCH3 is 1. The van der Waals surface area contributed by atoms with Crippen molar-refractivity contribution < 1.29 is 4.74 Å². The van der Waals surface area contributed by atoms with E-state index in [4.69, 9.17) is 16.3 Å². The molecule has 0 saturated heterocycles. The molecule has 0 saturated carbocycles. The Kier molecular flexibility index (Phi) is 2.65. The molecule has 1 heterocycles.